The molecule has 0 unspecified atom stereocenters. The average Bonchev–Trinajstić information content (AvgIpc) is 3.03. The third kappa shape index (κ3) is 3.60. The molecule has 0 bridgehead atoms. The normalized spacial score (nSPS) is 19.6. The zero-order valence-corrected chi connectivity index (χ0v) is 16.0. The standard InChI is InChI=1S/C22H25N3O3/c1-24(14-15-5-3-2-4-6-15)21(27)16-7-12-20-19(13-16)23-22(28)25(20)17-8-10-18(26)11-9-17/h2-7,12-13,17-18,26H,8-11,14H2,1H3,(H,23,28). The van der Waals surface area contributed by atoms with Crippen molar-refractivity contribution in [3.05, 3.63) is 70.1 Å². The third-order valence-corrected chi connectivity index (χ3v) is 5.60. The van der Waals surface area contributed by atoms with E-state index < -0.39 is 0 Å². The molecule has 2 N–H and O–H groups in total. The second kappa shape index (κ2) is 7.64. The van der Waals surface area contributed by atoms with Gasteiger partial charge in [0.1, 0.15) is 0 Å². The number of carbonyl (C=O) groups is 1. The summed E-state index contributed by atoms with van der Waals surface area (Å²) in [5, 5.41) is 9.72. The molecule has 1 aliphatic carbocycles. The van der Waals surface area contributed by atoms with E-state index in [1.807, 2.05) is 36.4 Å². The summed E-state index contributed by atoms with van der Waals surface area (Å²) in [5.41, 5.74) is 2.96. The van der Waals surface area contributed by atoms with Gasteiger partial charge in [-0.15, -0.1) is 0 Å². The predicted octanol–water partition coefficient (Wildman–Crippen LogP) is 3.08. The highest BCUT2D eigenvalue weighted by Gasteiger charge is 2.24. The summed E-state index contributed by atoms with van der Waals surface area (Å²) in [4.78, 5) is 29.9. The van der Waals surface area contributed by atoms with Crippen LogP contribution in [0.2, 0.25) is 0 Å². The highest BCUT2D eigenvalue weighted by atomic mass is 16.3. The number of imidazole rings is 1. The van der Waals surface area contributed by atoms with Crippen LogP contribution in [0.25, 0.3) is 11.0 Å². The Morgan fingerprint density at radius 2 is 1.86 bits per heavy atom. The van der Waals surface area contributed by atoms with E-state index in [1.54, 1.807) is 28.6 Å². The number of fused-ring (bicyclic) bond motifs is 1. The number of hydrogen-bond acceptors (Lipinski definition) is 3. The van der Waals surface area contributed by atoms with Crippen molar-refractivity contribution in [3.8, 4) is 0 Å². The van der Waals surface area contributed by atoms with E-state index in [-0.39, 0.29) is 23.7 Å². The molecule has 0 aliphatic heterocycles. The molecule has 0 saturated heterocycles. The maximum Gasteiger partial charge on any atom is 0.326 e. The number of H-pyrrole nitrogens is 1. The zero-order chi connectivity index (χ0) is 19.7. The largest absolute Gasteiger partial charge is 0.393 e. The highest BCUT2D eigenvalue weighted by molar-refractivity contribution is 5.97. The topological polar surface area (TPSA) is 78.3 Å². The molecule has 28 heavy (non-hydrogen) atoms. The van der Waals surface area contributed by atoms with E-state index in [1.165, 1.54) is 0 Å². The van der Waals surface area contributed by atoms with E-state index in [0.29, 0.717) is 30.5 Å². The molecular weight excluding hydrogens is 354 g/mol. The van der Waals surface area contributed by atoms with Crippen LogP contribution in [0, 0.1) is 0 Å². The Balaban J connectivity index is 1.58. The number of hydrogen-bond donors (Lipinski definition) is 2. The molecule has 6 heteroatoms. The fourth-order valence-electron chi connectivity index (χ4n) is 4.09. The number of amides is 1. The number of aliphatic hydroxyl groups excluding tert-OH is 1. The van der Waals surface area contributed by atoms with Crippen LogP contribution < -0.4 is 5.69 Å². The molecular formula is C22H25N3O3. The minimum Gasteiger partial charge on any atom is -0.393 e. The first-order valence-corrected chi connectivity index (χ1v) is 9.74. The SMILES string of the molecule is CN(Cc1ccccc1)C(=O)c1ccc2c(c1)[nH]c(=O)n2C1CCC(O)CC1. The molecule has 2 aromatic carbocycles. The van der Waals surface area contributed by atoms with Gasteiger partial charge in [0.25, 0.3) is 5.91 Å². The monoisotopic (exact) mass is 379 g/mol. The van der Waals surface area contributed by atoms with E-state index >= 15 is 0 Å². The molecule has 1 amide bonds. The van der Waals surface area contributed by atoms with Gasteiger partial charge in [-0.2, -0.15) is 0 Å². The summed E-state index contributed by atoms with van der Waals surface area (Å²) in [7, 11) is 1.78. The molecule has 1 aromatic heterocycles. The van der Waals surface area contributed by atoms with E-state index in [2.05, 4.69) is 4.98 Å². The van der Waals surface area contributed by atoms with Gasteiger partial charge in [0.15, 0.2) is 0 Å². The Morgan fingerprint density at radius 3 is 2.57 bits per heavy atom. The molecule has 1 fully saturated rings. The molecule has 1 saturated carbocycles. The Kier molecular flexibility index (Phi) is 5.05. The van der Waals surface area contributed by atoms with Crippen LogP contribution in [0.3, 0.4) is 0 Å². The summed E-state index contributed by atoms with van der Waals surface area (Å²) >= 11 is 0. The van der Waals surface area contributed by atoms with E-state index in [4.69, 9.17) is 0 Å². The van der Waals surface area contributed by atoms with Crippen molar-refractivity contribution < 1.29 is 9.90 Å². The summed E-state index contributed by atoms with van der Waals surface area (Å²) in [6.45, 7) is 0.527. The first-order valence-electron chi connectivity index (χ1n) is 9.74. The lowest BCUT2D eigenvalue weighted by Gasteiger charge is -2.26. The van der Waals surface area contributed by atoms with Gasteiger partial charge in [0.2, 0.25) is 0 Å². The van der Waals surface area contributed by atoms with Crippen LogP contribution in [0.15, 0.2) is 53.3 Å². The average molecular weight is 379 g/mol. The molecule has 6 nitrogen and oxygen atoms in total. The van der Waals surface area contributed by atoms with Crippen LogP contribution in [0.5, 0.6) is 0 Å². The number of aromatic amines is 1. The van der Waals surface area contributed by atoms with Gasteiger partial charge in [0, 0.05) is 25.2 Å². The number of aliphatic hydroxyl groups is 1. The van der Waals surface area contributed by atoms with Crippen molar-refractivity contribution in [3.63, 3.8) is 0 Å². The van der Waals surface area contributed by atoms with Crippen LogP contribution in [0.1, 0.15) is 47.6 Å². The molecule has 1 aliphatic rings. The van der Waals surface area contributed by atoms with Gasteiger partial charge in [-0.05, 0) is 49.4 Å². The molecule has 4 rings (SSSR count). The zero-order valence-electron chi connectivity index (χ0n) is 16.0. The number of nitrogens with one attached hydrogen (secondary N) is 1. The van der Waals surface area contributed by atoms with E-state index in [0.717, 1.165) is 23.9 Å². The Hall–Kier alpha value is -2.86. The van der Waals surface area contributed by atoms with Gasteiger partial charge in [-0.3, -0.25) is 9.36 Å². The first kappa shape index (κ1) is 18.5. The summed E-state index contributed by atoms with van der Waals surface area (Å²) in [6, 6.07) is 15.3. The number of rotatable bonds is 4. The smallest absolute Gasteiger partial charge is 0.326 e. The fraction of sp³-hybridized carbons (Fsp3) is 0.364. The van der Waals surface area contributed by atoms with Gasteiger partial charge >= 0.3 is 5.69 Å². The van der Waals surface area contributed by atoms with Crippen molar-refractivity contribution in [1.82, 2.24) is 14.5 Å². The quantitative estimate of drug-likeness (QED) is 0.731. The van der Waals surface area contributed by atoms with Crippen LogP contribution in [-0.4, -0.2) is 38.6 Å². The van der Waals surface area contributed by atoms with Gasteiger partial charge < -0.3 is 15.0 Å². The lowest BCUT2D eigenvalue weighted by Crippen LogP contribution is -2.27. The second-order valence-corrected chi connectivity index (χ2v) is 7.64. The number of carbonyl (C=O) groups excluding carboxylic acids is 1. The van der Waals surface area contributed by atoms with Crippen molar-refractivity contribution in [2.45, 2.75) is 44.4 Å². The van der Waals surface area contributed by atoms with E-state index in [9.17, 15) is 14.7 Å². The van der Waals surface area contributed by atoms with Crippen molar-refractivity contribution >= 4 is 16.9 Å². The second-order valence-electron chi connectivity index (χ2n) is 7.64. The maximum absolute atomic E-state index is 12.8. The van der Waals surface area contributed by atoms with Crippen LogP contribution in [-0.2, 0) is 6.54 Å². The number of benzene rings is 2. The van der Waals surface area contributed by atoms with Gasteiger partial charge in [-0.1, -0.05) is 30.3 Å². The Bertz CT molecular complexity index is 1030. The Labute approximate surface area is 163 Å². The first-order chi connectivity index (χ1) is 13.5. The highest BCUT2D eigenvalue weighted by Crippen LogP contribution is 2.30. The molecule has 0 spiro atoms. The predicted molar refractivity (Wildman–Crippen MR) is 108 cm³/mol. The lowest BCUT2D eigenvalue weighted by molar-refractivity contribution is 0.0785. The summed E-state index contributed by atoms with van der Waals surface area (Å²) < 4.78 is 1.78. The molecule has 0 atom stereocenters. The summed E-state index contributed by atoms with van der Waals surface area (Å²) in [5.74, 6) is -0.0832. The van der Waals surface area contributed by atoms with Crippen molar-refractivity contribution in [2.75, 3.05) is 7.05 Å². The number of nitrogens with zero attached hydrogens (tertiary/aromatic N) is 2. The lowest BCUT2D eigenvalue weighted by atomic mass is 9.93. The number of aromatic nitrogens is 2. The fourth-order valence-corrected chi connectivity index (χ4v) is 4.09. The van der Waals surface area contributed by atoms with Crippen molar-refractivity contribution in [2.24, 2.45) is 0 Å². The van der Waals surface area contributed by atoms with Crippen LogP contribution in [0.4, 0.5) is 0 Å². The van der Waals surface area contributed by atoms with Gasteiger partial charge in [0.05, 0.1) is 17.1 Å². The Morgan fingerprint density at radius 1 is 1.14 bits per heavy atom. The molecule has 146 valence electrons. The summed E-state index contributed by atoms with van der Waals surface area (Å²) in [6.07, 6.45) is 2.74. The molecule has 3 aromatic rings. The third-order valence-electron chi connectivity index (χ3n) is 5.60. The van der Waals surface area contributed by atoms with Crippen LogP contribution >= 0.6 is 0 Å². The minimum atomic E-state index is -0.262. The van der Waals surface area contributed by atoms with Gasteiger partial charge in [-0.25, -0.2) is 4.79 Å². The molecule has 0 radical (unpaired) electrons. The van der Waals surface area contributed by atoms with Crippen molar-refractivity contribution in [1.29, 1.82) is 0 Å². The minimum absolute atomic E-state index is 0.0832. The maximum atomic E-state index is 12.8. The molecule has 1 heterocycles.